The minimum absolute atomic E-state index is 0. The molecule has 0 saturated heterocycles. The predicted molar refractivity (Wildman–Crippen MR) is 129 cm³/mol. The van der Waals surface area contributed by atoms with E-state index >= 15 is 0 Å². The van der Waals surface area contributed by atoms with Crippen LogP contribution in [0.15, 0.2) is 9.39 Å². The molecule has 0 aromatic carbocycles. The third-order valence-corrected chi connectivity index (χ3v) is 4.06. The smallest absolute Gasteiger partial charge is 0.250 e. The van der Waals surface area contributed by atoms with E-state index in [-0.39, 0.29) is 26.7 Å². The fraction of sp³-hybridized carbons (Fsp3) is 0.850. The summed E-state index contributed by atoms with van der Waals surface area (Å²) in [4.78, 5) is 3.75. The first kappa shape index (κ1) is 38.5. The molecule has 176 valence electrons. The Morgan fingerprint density at radius 2 is 1.17 bits per heavy atom. The number of hydrogen-bond donors (Lipinski definition) is 0. The van der Waals surface area contributed by atoms with E-state index in [0.29, 0.717) is 11.8 Å². The second kappa shape index (κ2) is 20.2. The van der Waals surface area contributed by atoms with Crippen molar-refractivity contribution < 1.29 is 16.8 Å². The minimum Gasteiger partial charge on any atom is -0.294 e. The van der Waals surface area contributed by atoms with Crippen molar-refractivity contribution in [3.05, 3.63) is 0 Å². The van der Waals surface area contributed by atoms with E-state index in [4.69, 9.17) is 5.26 Å². The van der Waals surface area contributed by atoms with Crippen molar-refractivity contribution in [2.75, 3.05) is 19.6 Å². The quantitative estimate of drug-likeness (QED) is 0.408. The molecule has 0 saturated carbocycles. The van der Waals surface area contributed by atoms with Crippen LogP contribution < -0.4 is 0 Å². The molecule has 0 amide bonds. The van der Waals surface area contributed by atoms with Gasteiger partial charge in [-0.05, 0) is 23.7 Å². The highest BCUT2D eigenvalue weighted by Crippen LogP contribution is 2.09. The summed E-state index contributed by atoms with van der Waals surface area (Å²) in [5, 5.41) is 8.30. The van der Waals surface area contributed by atoms with Gasteiger partial charge in [0.05, 0.1) is 13.4 Å². The van der Waals surface area contributed by atoms with Gasteiger partial charge in [0, 0.05) is 17.7 Å². The molecular weight excluding hydrogens is 410 g/mol. The second-order valence-corrected chi connectivity index (χ2v) is 9.86. The molecule has 0 bridgehead atoms. The number of nitrogens with zero attached hydrogens (tertiary/aromatic N) is 3. The molecule has 0 fully saturated rings. The van der Waals surface area contributed by atoms with Crippen molar-refractivity contribution in [1.82, 2.24) is 0 Å². The first-order chi connectivity index (χ1) is 12.1. The Labute approximate surface area is 183 Å². The molecule has 0 radical (unpaired) electrons. The molecule has 9 heteroatoms. The molecule has 0 heterocycles. The topological polar surface area (TPSA) is 109 Å². The van der Waals surface area contributed by atoms with E-state index in [1.807, 2.05) is 33.9 Å². The van der Waals surface area contributed by atoms with Crippen LogP contribution in [-0.4, -0.2) is 43.7 Å². The number of nitriles is 1. The third kappa shape index (κ3) is 26.9. The normalized spacial score (nSPS) is 11.0. The predicted octanol–water partition coefficient (Wildman–Crippen LogP) is 5.12. The summed E-state index contributed by atoms with van der Waals surface area (Å²) in [5.41, 5.74) is 1.74. The Kier molecular flexibility index (Phi) is 26.8. The van der Waals surface area contributed by atoms with Crippen molar-refractivity contribution >= 4 is 32.5 Å². The van der Waals surface area contributed by atoms with Gasteiger partial charge in [-0.15, -0.1) is 0 Å². The van der Waals surface area contributed by atoms with Crippen molar-refractivity contribution in [2.24, 2.45) is 33.1 Å². The van der Waals surface area contributed by atoms with Gasteiger partial charge in [-0.1, -0.05) is 70.2 Å². The zero-order valence-electron chi connectivity index (χ0n) is 18.6. The maximum atomic E-state index is 10.9. The van der Waals surface area contributed by atoms with Gasteiger partial charge in [0.25, 0.3) is 0 Å². The Hall–Kier alpha value is -1.11. The lowest BCUT2D eigenvalue weighted by Gasteiger charge is -2.12. The summed E-state index contributed by atoms with van der Waals surface area (Å²) < 4.78 is 39.3. The van der Waals surface area contributed by atoms with E-state index in [1.165, 1.54) is 13.4 Å². The molecule has 1 atom stereocenters. The monoisotopic (exact) mass is 455 g/mol. The van der Waals surface area contributed by atoms with Crippen LogP contribution in [0.1, 0.15) is 70.2 Å². The zero-order chi connectivity index (χ0) is 22.4. The number of rotatable bonds is 6. The van der Waals surface area contributed by atoms with Crippen LogP contribution in [-0.2, 0) is 25.3 Å². The highest BCUT2D eigenvalue weighted by Gasteiger charge is 2.12. The van der Waals surface area contributed by atoms with E-state index in [0.717, 1.165) is 17.7 Å². The molecule has 7 nitrogen and oxygen atoms in total. The number of aliphatic imine (C=N–C) groups is 1. The van der Waals surface area contributed by atoms with Gasteiger partial charge in [-0.2, -0.15) is 14.7 Å². The summed E-state index contributed by atoms with van der Waals surface area (Å²) in [6, 6.07) is 0. The Bertz CT molecular complexity index is 611. The molecule has 0 aromatic rings. The summed E-state index contributed by atoms with van der Waals surface area (Å²) in [6.45, 7) is 16.0. The van der Waals surface area contributed by atoms with Crippen molar-refractivity contribution in [1.29, 1.82) is 5.26 Å². The first-order valence-corrected chi connectivity index (χ1v) is 12.1. The summed E-state index contributed by atoms with van der Waals surface area (Å²) in [7, 11) is -1.83. The summed E-state index contributed by atoms with van der Waals surface area (Å²) in [5.74, 6) is 1.17. The van der Waals surface area contributed by atoms with E-state index < -0.39 is 21.1 Å². The van der Waals surface area contributed by atoms with Gasteiger partial charge in [-0.3, -0.25) is 4.18 Å². The maximum absolute atomic E-state index is 10.9. The number of sulfonamides is 1. The Morgan fingerprint density at radius 1 is 0.897 bits per heavy atom. The van der Waals surface area contributed by atoms with Crippen molar-refractivity contribution in [3.8, 4) is 6.19 Å². The molecular formula is C20H45N3O4S2. The lowest BCUT2D eigenvalue weighted by molar-refractivity contribution is 0.450. The van der Waals surface area contributed by atoms with Crippen LogP contribution in [0, 0.1) is 35.1 Å². The maximum Gasteiger partial charge on any atom is 0.250 e. The lowest BCUT2D eigenvalue weighted by atomic mass is 9.98. The van der Waals surface area contributed by atoms with Gasteiger partial charge < -0.3 is 0 Å². The minimum atomic E-state index is -3.23. The molecule has 1 unspecified atom stereocenters. The third-order valence-electron chi connectivity index (χ3n) is 3.05. The largest absolute Gasteiger partial charge is 0.294 e. The van der Waals surface area contributed by atoms with Crippen LogP contribution in [0.3, 0.4) is 0 Å². The van der Waals surface area contributed by atoms with Gasteiger partial charge in [0.15, 0.2) is 11.1 Å². The van der Waals surface area contributed by atoms with Crippen molar-refractivity contribution in [3.63, 3.8) is 0 Å². The summed E-state index contributed by atoms with van der Waals surface area (Å²) >= 11 is -1.07. The van der Waals surface area contributed by atoms with Gasteiger partial charge in [0.2, 0.25) is 16.2 Å². The Balaban J connectivity index is -0.000000103. The SMILES string of the molecule is C.C.CC(C)C(=NC#N)C(C)C.CC(C)C(=NS(C)(=O)=O)C(C)C.COS(C)=O. The fourth-order valence-electron chi connectivity index (χ4n) is 2.05. The fourth-order valence-corrected chi connectivity index (χ4v) is 2.86. The molecule has 0 aromatic heterocycles. The van der Waals surface area contributed by atoms with Crippen LogP contribution in [0.4, 0.5) is 0 Å². The molecule has 0 N–H and O–H groups in total. The van der Waals surface area contributed by atoms with Crippen LogP contribution >= 0.6 is 0 Å². The van der Waals surface area contributed by atoms with Gasteiger partial charge in [-0.25, -0.2) is 12.6 Å². The average Bonchev–Trinajstić information content (AvgIpc) is 2.49. The van der Waals surface area contributed by atoms with Gasteiger partial charge in [0.1, 0.15) is 0 Å². The van der Waals surface area contributed by atoms with E-state index in [2.05, 4.69) is 41.3 Å². The Morgan fingerprint density at radius 3 is 1.24 bits per heavy atom. The van der Waals surface area contributed by atoms with Crippen LogP contribution in [0.5, 0.6) is 0 Å². The van der Waals surface area contributed by atoms with Crippen molar-refractivity contribution in [2.45, 2.75) is 70.2 Å². The molecule has 0 aliphatic heterocycles. The molecule has 0 aliphatic carbocycles. The first-order valence-electron chi connectivity index (χ1n) is 8.74. The average molecular weight is 456 g/mol. The molecule has 0 rings (SSSR count). The van der Waals surface area contributed by atoms with Crippen LogP contribution in [0.2, 0.25) is 0 Å². The highest BCUT2D eigenvalue weighted by atomic mass is 32.2. The zero-order valence-corrected chi connectivity index (χ0v) is 20.2. The van der Waals surface area contributed by atoms with Gasteiger partial charge >= 0.3 is 0 Å². The number of hydrogen-bond acceptors (Lipinski definition) is 6. The van der Waals surface area contributed by atoms with E-state index in [1.54, 1.807) is 0 Å². The molecule has 29 heavy (non-hydrogen) atoms. The lowest BCUT2D eigenvalue weighted by Crippen LogP contribution is -2.16. The standard InChI is InChI=1S/C8H14N2.C8H17NO2S.C2H6O2S.2CH4/c1-6(2)8(7(3)4)10-5-9;1-6(2)8(7(3)4)9-12(5,10)11;1-4-5(2)3;;/h6-7H,1-4H3;6-7H,1-5H3;1-2H3;2*1H4. The molecule has 0 spiro atoms. The molecule has 0 aliphatic rings. The summed E-state index contributed by atoms with van der Waals surface area (Å²) in [6.07, 6.45) is 4.41. The van der Waals surface area contributed by atoms with Crippen LogP contribution in [0.25, 0.3) is 0 Å². The van der Waals surface area contributed by atoms with E-state index in [9.17, 15) is 12.6 Å². The highest BCUT2D eigenvalue weighted by molar-refractivity contribution is 7.89. The second-order valence-electron chi connectivity index (χ2n) is 7.07.